The van der Waals surface area contributed by atoms with E-state index in [9.17, 15) is 0 Å². The summed E-state index contributed by atoms with van der Waals surface area (Å²) in [4.78, 5) is 0. The predicted octanol–water partition coefficient (Wildman–Crippen LogP) is 5.96. The second kappa shape index (κ2) is 11.9. The van der Waals surface area contributed by atoms with Gasteiger partial charge >= 0.3 is 0 Å². The number of aryl methyl sites for hydroxylation is 3. The standard InChI is InChI=1S/C8H10.C7H8.C2H6.CH4/c1-7-3-5-8(2)6-4-7;1-7-5-3-2-4-6-7;1-2;/h3-6H,1-2H3;2-6H,1H3;1-2H3;1H4. The molecule has 0 radical (unpaired) electrons. The molecule has 0 bridgehead atoms. The van der Waals surface area contributed by atoms with Crippen molar-refractivity contribution < 1.29 is 0 Å². The summed E-state index contributed by atoms with van der Waals surface area (Å²) in [5.74, 6) is 0. The summed E-state index contributed by atoms with van der Waals surface area (Å²) in [5.41, 5.74) is 3.98. The maximum Gasteiger partial charge on any atom is -0.0398 e. The van der Waals surface area contributed by atoms with Crippen LogP contribution >= 0.6 is 0 Å². The van der Waals surface area contributed by atoms with E-state index in [0.717, 1.165) is 0 Å². The zero-order chi connectivity index (χ0) is 13.1. The fraction of sp³-hybridized carbons (Fsp3) is 0.333. The monoisotopic (exact) mass is 244 g/mol. The van der Waals surface area contributed by atoms with Crippen LogP contribution in [0.4, 0.5) is 0 Å². The van der Waals surface area contributed by atoms with E-state index in [1.807, 2.05) is 32.0 Å². The molecular formula is C18H28. The van der Waals surface area contributed by atoms with E-state index in [4.69, 9.17) is 0 Å². The average molecular weight is 244 g/mol. The third-order valence-corrected chi connectivity index (χ3v) is 2.16. The molecule has 0 aliphatic rings. The highest BCUT2D eigenvalue weighted by Gasteiger charge is 1.79. The highest BCUT2D eigenvalue weighted by atomic mass is 13.9. The van der Waals surface area contributed by atoms with Crippen LogP contribution in [0.1, 0.15) is 38.0 Å². The molecule has 0 nitrogen and oxygen atoms in total. The molecule has 0 aliphatic heterocycles. The first-order valence-electron chi connectivity index (χ1n) is 6.23. The Hall–Kier alpha value is -1.56. The lowest BCUT2D eigenvalue weighted by molar-refractivity contribution is 1.40. The molecule has 18 heavy (non-hydrogen) atoms. The Balaban J connectivity index is 0. The minimum Gasteiger partial charge on any atom is -0.0776 e. The van der Waals surface area contributed by atoms with Crippen LogP contribution in [0.25, 0.3) is 0 Å². The Labute approximate surface area is 114 Å². The van der Waals surface area contributed by atoms with Crippen molar-refractivity contribution in [3.05, 3.63) is 71.3 Å². The lowest BCUT2D eigenvalue weighted by Gasteiger charge is -1.90. The third-order valence-electron chi connectivity index (χ3n) is 2.16. The van der Waals surface area contributed by atoms with E-state index in [1.54, 1.807) is 0 Å². The van der Waals surface area contributed by atoms with Gasteiger partial charge in [-0.15, -0.1) is 0 Å². The van der Waals surface area contributed by atoms with Crippen molar-refractivity contribution >= 4 is 0 Å². The van der Waals surface area contributed by atoms with Gasteiger partial charge in [-0.25, -0.2) is 0 Å². The van der Waals surface area contributed by atoms with Gasteiger partial charge in [0.05, 0.1) is 0 Å². The lowest BCUT2D eigenvalue weighted by atomic mass is 10.2. The predicted molar refractivity (Wildman–Crippen MR) is 85.2 cm³/mol. The summed E-state index contributed by atoms with van der Waals surface area (Å²) >= 11 is 0. The SMILES string of the molecule is C.CC.Cc1ccc(C)cc1.Cc1ccccc1. The number of hydrogen-bond donors (Lipinski definition) is 0. The molecule has 2 aromatic carbocycles. The normalized spacial score (nSPS) is 7.83. The van der Waals surface area contributed by atoms with Gasteiger partial charge in [0, 0.05) is 0 Å². The van der Waals surface area contributed by atoms with Crippen molar-refractivity contribution in [1.29, 1.82) is 0 Å². The van der Waals surface area contributed by atoms with Crippen LogP contribution in [0.2, 0.25) is 0 Å². The van der Waals surface area contributed by atoms with E-state index in [-0.39, 0.29) is 7.43 Å². The van der Waals surface area contributed by atoms with E-state index in [0.29, 0.717) is 0 Å². The van der Waals surface area contributed by atoms with Crippen LogP contribution in [0, 0.1) is 20.8 Å². The zero-order valence-corrected chi connectivity index (χ0v) is 11.7. The quantitative estimate of drug-likeness (QED) is 0.536. The van der Waals surface area contributed by atoms with Crippen LogP contribution in [-0.4, -0.2) is 0 Å². The van der Waals surface area contributed by atoms with Crippen molar-refractivity contribution in [3.63, 3.8) is 0 Å². The van der Waals surface area contributed by atoms with Gasteiger partial charge in [-0.1, -0.05) is 92.6 Å². The molecular weight excluding hydrogens is 216 g/mol. The number of rotatable bonds is 0. The van der Waals surface area contributed by atoms with Crippen molar-refractivity contribution in [1.82, 2.24) is 0 Å². The van der Waals surface area contributed by atoms with Crippen LogP contribution in [-0.2, 0) is 0 Å². The summed E-state index contributed by atoms with van der Waals surface area (Å²) in [6.07, 6.45) is 0. The van der Waals surface area contributed by atoms with Gasteiger partial charge < -0.3 is 0 Å². The first-order chi connectivity index (χ1) is 8.18. The van der Waals surface area contributed by atoms with E-state index in [2.05, 4.69) is 57.2 Å². The number of hydrogen-bond acceptors (Lipinski definition) is 0. The highest BCUT2D eigenvalue weighted by molar-refractivity contribution is 5.19. The van der Waals surface area contributed by atoms with Gasteiger partial charge in [0.15, 0.2) is 0 Å². The topological polar surface area (TPSA) is 0 Å². The largest absolute Gasteiger partial charge is 0.0776 e. The second-order valence-electron chi connectivity index (χ2n) is 3.81. The molecule has 0 spiro atoms. The van der Waals surface area contributed by atoms with Crippen molar-refractivity contribution in [2.24, 2.45) is 0 Å². The Bertz CT molecular complexity index is 350. The molecule has 0 heterocycles. The Morgan fingerprint density at radius 1 is 0.500 bits per heavy atom. The summed E-state index contributed by atoms with van der Waals surface area (Å²) in [7, 11) is 0. The molecule has 0 fully saturated rings. The first kappa shape index (κ1) is 18.8. The Kier molecular flexibility index (Phi) is 12.4. The minimum atomic E-state index is 0. The third kappa shape index (κ3) is 9.65. The van der Waals surface area contributed by atoms with E-state index >= 15 is 0 Å². The molecule has 0 saturated carbocycles. The molecule has 0 heteroatoms. The van der Waals surface area contributed by atoms with Crippen LogP contribution in [0.15, 0.2) is 54.6 Å². The summed E-state index contributed by atoms with van der Waals surface area (Å²) in [6, 6.07) is 18.7. The first-order valence-corrected chi connectivity index (χ1v) is 6.23. The van der Waals surface area contributed by atoms with Gasteiger partial charge in [0.2, 0.25) is 0 Å². The van der Waals surface area contributed by atoms with Gasteiger partial charge in [-0.2, -0.15) is 0 Å². The Morgan fingerprint density at radius 3 is 1.00 bits per heavy atom. The molecule has 0 amide bonds. The summed E-state index contributed by atoms with van der Waals surface area (Å²) in [5, 5.41) is 0. The fourth-order valence-corrected chi connectivity index (χ4v) is 1.17. The van der Waals surface area contributed by atoms with Gasteiger partial charge in [0.1, 0.15) is 0 Å². The molecule has 100 valence electrons. The molecule has 0 saturated heterocycles. The van der Waals surface area contributed by atoms with Crippen LogP contribution in [0.3, 0.4) is 0 Å². The maximum atomic E-state index is 2.12. The van der Waals surface area contributed by atoms with Crippen molar-refractivity contribution in [2.45, 2.75) is 42.0 Å². The molecule has 0 aromatic heterocycles. The van der Waals surface area contributed by atoms with Crippen LogP contribution < -0.4 is 0 Å². The molecule has 0 unspecified atom stereocenters. The summed E-state index contributed by atoms with van der Waals surface area (Å²) < 4.78 is 0. The minimum absolute atomic E-state index is 0. The van der Waals surface area contributed by atoms with Gasteiger partial charge in [-0.05, 0) is 20.8 Å². The molecule has 2 rings (SSSR count). The van der Waals surface area contributed by atoms with E-state index in [1.165, 1.54) is 16.7 Å². The van der Waals surface area contributed by atoms with Gasteiger partial charge in [0.25, 0.3) is 0 Å². The lowest BCUT2D eigenvalue weighted by Crippen LogP contribution is -1.70. The molecule has 2 aromatic rings. The average Bonchev–Trinajstić information content (AvgIpc) is 2.37. The van der Waals surface area contributed by atoms with Crippen molar-refractivity contribution in [2.75, 3.05) is 0 Å². The summed E-state index contributed by atoms with van der Waals surface area (Å²) in [6.45, 7) is 10.3. The highest BCUT2D eigenvalue weighted by Crippen LogP contribution is 1.99. The maximum absolute atomic E-state index is 2.12. The molecule has 0 N–H and O–H groups in total. The fourth-order valence-electron chi connectivity index (χ4n) is 1.17. The Morgan fingerprint density at radius 2 is 0.778 bits per heavy atom. The molecule has 0 atom stereocenters. The zero-order valence-electron chi connectivity index (χ0n) is 11.7. The number of benzene rings is 2. The van der Waals surface area contributed by atoms with Crippen LogP contribution in [0.5, 0.6) is 0 Å². The molecule has 0 aliphatic carbocycles. The smallest absolute Gasteiger partial charge is 0.0398 e. The second-order valence-corrected chi connectivity index (χ2v) is 3.81. The van der Waals surface area contributed by atoms with Crippen molar-refractivity contribution in [3.8, 4) is 0 Å². The van der Waals surface area contributed by atoms with E-state index < -0.39 is 0 Å². The van der Waals surface area contributed by atoms with Gasteiger partial charge in [-0.3, -0.25) is 0 Å².